The van der Waals surface area contributed by atoms with E-state index < -0.39 is 0 Å². The quantitative estimate of drug-likeness (QED) is 0.549. The van der Waals surface area contributed by atoms with Gasteiger partial charge in [-0.3, -0.25) is 0 Å². The van der Waals surface area contributed by atoms with Crippen molar-refractivity contribution in [1.29, 1.82) is 0 Å². The maximum Gasteiger partial charge on any atom is 0.258 e. The zero-order valence-electron chi connectivity index (χ0n) is 12.9. The largest absolute Gasteiger partial charge is 0.489 e. The first-order valence-corrected chi connectivity index (χ1v) is 8.37. The molecule has 0 radical (unpaired) electrons. The van der Waals surface area contributed by atoms with Crippen molar-refractivity contribution in [2.75, 3.05) is 0 Å². The van der Waals surface area contributed by atoms with E-state index in [-0.39, 0.29) is 11.9 Å². The van der Waals surface area contributed by atoms with E-state index in [1.54, 1.807) is 30.3 Å². The lowest BCUT2D eigenvalue weighted by Crippen LogP contribution is -2.05. The van der Waals surface area contributed by atoms with Crippen LogP contribution in [-0.2, 0) is 0 Å². The predicted molar refractivity (Wildman–Crippen MR) is 93.6 cm³/mol. The summed E-state index contributed by atoms with van der Waals surface area (Å²) in [5.41, 5.74) is 1.32. The summed E-state index contributed by atoms with van der Waals surface area (Å²) in [4.78, 5) is 4.33. The normalized spacial score (nSPS) is 11.1. The highest BCUT2D eigenvalue weighted by atomic mass is 79.9. The summed E-state index contributed by atoms with van der Waals surface area (Å²) in [5, 5.41) is 4.42. The summed E-state index contributed by atoms with van der Waals surface area (Å²) < 4.78 is 24.5. The highest BCUT2D eigenvalue weighted by Crippen LogP contribution is 2.31. The lowest BCUT2D eigenvalue weighted by atomic mass is 10.2. The van der Waals surface area contributed by atoms with Crippen LogP contribution in [0.25, 0.3) is 22.8 Å². The van der Waals surface area contributed by atoms with E-state index >= 15 is 0 Å². The van der Waals surface area contributed by atoms with Crippen LogP contribution in [0.2, 0.25) is 5.02 Å². The second-order valence-electron chi connectivity index (χ2n) is 5.36. The first kappa shape index (κ1) is 16.9. The average Bonchev–Trinajstić information content (AvgIpc) is 3.01. The lowest BCUT2D eigenvalue weighted by molar-refractivity contribution is 0.242. The smallest absolute Gasteiger partial charge is 0.258 e. The number of hydrogen-bond donors (Lipinski definition) is 0. The van der Waals surface area contributed by atoms with Crippen LogP contribution < -0.4 is 4.74 Å². The third-order valence-corrected chi connectivity index (χ3v) is 4.05. The number of aromatic nitrogens is 2. The van der Waals surface area contributed by atoms with E-state index in [1.807, 2.05) is 13.8 Å². The van der Waals surface area contributed by atoms with E-state index in [1.165, 1.54) is 6.07 Å². The van der Waals surface area contributed by atoms with E-state index in [4.69, 9.17) is 20.9 Å². The van der Waals surface area contributed by atoms with Crippen molar-refractivity contribution < 1.29 is 13.7 Å². The molecule has 0 aliphatic heterocycles. The maximum atomic E-state index is 13.3. The van der Waals surface area contributed by atoms with E-state index in [9.17, 15) is 4.39 Å². The Morgan fingerprint density at radius 1 is 1.17 bits per heavy atom. The number of ether oxygens (including phenoxy) is 1. The Balaban J connectivity index is 1.90. The van der Waals surface area contributed by atoms with E-state index in [0.717, 1.165) is 0 Å². The number of halogens is 3. The molecule has 0 N–H and O–H groups in total. The third kappa shape index (κ3) is 3.60. The van der Waals surface area contributed by atoms with Gasteiger partial charge in [-0.05, 0) is 66.2 Å². The van der Waals surface area contributed by atoms with Gasteiger partial charge in [-0.25, -0.2) is 4.39 Å². The summed E-state index contributed by atoms with van der Waals surface area (Å²) in [6, 6.07) is 9.77. The Morgan fingerprint density at radius 3 is 2.58 bits per heavy atom. The fraction of sp³-hybridized carbons (Fsp3) is 0.176. The summed E-state index contributed by atoms with van der Waals surface area (Å²) >= 11 is 9.36. The zero-order chi connectivity index (χ0) is 17.3. The topological polar surface area (TPSA) is 48.2 Å². The molecule has 0 spiro atoms. The van der Waals surface area contributed by atoms with Gasteiger partial charge in [0.15, 0.2) is 0 Å². The molecule has 0 aliphatic rings. The minimum atomic E-state index is -0.356. The molecule has 0 unspecified atom stereocenters. The molecule has 1 aromatic heterocycles. The van der Waals surface area contributed by atoms with Crippen molar-refractivity contribution in [3.8, 4) is 28.6 Å². The van der Waals surface area contributed by atoms with Crippen LogP contribution in [0.15, 0.2) is 45.4 Å². The molecule has 0 aliphatic carbocycles. The molecular formula is C17H13BrClFN2O2. The maximum absolute atomic E-state index is 13.3. The van der Waals surface area contributed by atoms with Crippen LogP contribution in [0.3, 0.4) is 0 Å². The number of rotatable bonds is 4. The first-order chi connectivity index (χ1) is 11.4. The molecule has 7 heteroatoms. The molecule has 24 heavy (non-hydrogen) atoms. The van der Waals surface area contributed by atoms with Gasteiger partial charge in [-0.1, -0.05) is 16.8 Å². The van der Waals surface area contributed by atoms with Gasteiger partial charge in [0.25, 0.3) is 5.89 Å². The Bertz CT molecular complexity index is 883. The van der Waals surface area contributed by atoms with Crippen LogP contribution in [0, 0.1) is 5.82 Å². The molecule has 3 aromatic rings. The van der Waals surface area contributed by atoms with Gasteiger partial charge in [0, 0.05) is 11.1 Å². The van der Waals surface area contributed by atoms with E-state index in [0.29, 0.717) is 38.1 Å². The van der Waals surface area contributed by atoms with E-state index in [2.05, 4.69) is 26.1 Å². The molecule has 0 amide bonds. The number of benzene rings is 2. The minimum Gasteiger partial charge on any atom is -0.489 e. The Labute approximate surface area is 151 Å². The van der Waals surface area contributed by atoms with Crippen molar-refractivity contribution in [3.05, 3.63) is 51.7 Å². The molecule has 124 valence electrons. The van der Waals surface area contributed by atoms with Crippen molar-refractivity contribution in [1.82, 2.24) is 10.1 Å². The van der Waals surface area contributed by atoms with Gasteiger partial charge in [0.2, 0.25) is 5.82 Å². The molecule has 0 atom stereocenters. The van der Waals surface area contributed by atoms with Gasteiger partial charge in [-0.15, -0.1) is 0 Å². The molecule has 0 bridgehead atoms. The molecule has 1 heterocycles. The molecule has 2 aromatic carbocycles. The highest BCUT2D eigenvalue weighted by Gasteiger charge is 2.14. The Hall–Kier alpha value is -1.92. The summed E-state index contributed by atoms with van der Waals surface area (Å²) in [6.07, 6.45) is 0.0297. The van der Waals surface area contributed by atoms with Gasteiger partial charge in [-0.2, -0.15) is 4.98 Å². The Morgan fingerprint density at radius 2 is 1.92 bits per heavy atom. The fourth-order valence-electron chi connectivity index (χ4n) is 2.08. The predicted octanol–water partition coefficient (Wildman–Crippen LogP) is 5.75. The fourth-order valence-corrected chi connectivity index (χ4v) is 2.68. The van der Waals surface area contributed by atoms with Gasteiger partial charge in [0.1, 0.15) is 11.6 Å². The number of hydrogen-bond acceptors (Lipinski definition) is 4. The second kappa shape index (κ2) is 6.91. The summed E-state index contributed by atoms with van der Waals surface area (Å²) in [6.45, 7) is 3.85. The zero-order valence-corrected chi connectivity index (χ0v) is 15.2. The Kier molecular flexibility index (Phi) is 4.87. The van der Waals surface area contributed by atoms with Crippen LogP contribution >= 0.6 is 27.5 Å². The van der Waals surface area contributed by atoms with Gasteiger partial charge in [0.05, 0.1) is 15.6 Å². The van der Waals surface area contributed by atoms with Crippen molar-refractivity contribution in [3.63, 3.8) is 0 Å². The van der Waals surface area contributed by atoms with Crippen molar-refractivity contribution >= 4 is 27.5 Å². The van der Waals surface area contributed by atoms with Gasteiger partial charge >= 0.3 is 0 Å². The van der Waals surface area contributed by atoms with Crippen LogP contribution in [0.1, 0.15) is 13.8 Å². The molecule has 0 saturated heterocycles. The van der Waals surface area contributed by atoms with Crippen LogP contribution in [0.4, 0.5) is 4.39 Å². The standard InChI is InChI=1S/C17H13BrClFN2O2/c1-9(2)23-15-6-4-10(8-13(15)19)16-21-17(24-22-16)11-3-5-14(20)12(18)7-11/h3-9H,1-2H3. The average molecular weight is 412 g/mol. The monoisotopic (exact) mass is 410 g/mol. The van der Waals surface area contributed by atoms with Crippen molar-refractivity contribution in [2.45, 2.75) is 20.0 Å². The second-order valence-corrected chi connectivity index (χ2v) is 6.63. The third-order valence-electron chi connectivity index (χ3n) is 3.15. The molecule has 4 nitrogen and oxygen atoms in total. The lowest BCUT2D eigenvalue weighted by Gasteiger charge is -2.11. The first-order valence-electron chi connectivity index (χ1n) is 7.20. The molecular weight excluding hydrogens is 399 g/mol. The van der Waals surface area contributed by atoms with Crippen LogP contribution in [-0.4, -0.2) is 16.2 Å². The van der Waals surface area contributed by atoms with Gasteiger partial charge < -0.3 is 9.26 Å². The molecule has 0 saturated carbocycles. The highest BCUT2D eigenvalue weighted by molar-refractivity contribution is 9.10. The number of nitrogens with zero attached hydrogens (tertiary/aromatic N) is 2. The summed E-state index contributed by atoms with van der Waals surface area (Å²) in [7, 11) is 0. The van der Waals surface area contributed by atoms with Crippen molar-refractivity contribution in [2.24, 2.45) is 0 Å². The molecule has 0 fully saturated rings. The van der Waals surface area contributed by atoms with Crippen LogP contribution in [0.5, 0.6) is 5.75 Å². The minimum absolute atomic E-state index is 0.0297. The molecule has 3 rings (SSSR count). The summed E-state index contributed by atoms with van der Waals surface area (Å²) in [5.74, 6) is 0.931. The SMILES string of the molecule is CC(C)Oc1ccc(-c2noc(-c3ccc(F)c(Br)c3)n2)cc1Cl.